The fraction of sp³-hybridized carbons (Fsp3) is 0.538. The smallest absolute Gasteiger partial charge is 0.0595 e. The van der Waals surface area contributed by atoms with Crippen molar-refractivity contribution in [2.75, 3.05) is 13.1 Å². The van der Waals surface area contributed by atoms with Gasteiger partial charge in [0.05, 0.1) is 10.0 Å². The van der Waals surface area contributed by atoms with E-state index in [0.717, 1.165) is 19.0 Å². The van der Waals surface area contributed by atoms with Crippen molar-refractivity contribution in [3.8, 4) is 0 Å². The molecule has 1 nitrogen and oxygen atoms in total. The first-order chi connectivity index (χ1) is 7.72. The standard InChI is InChI=1S/C13H15Cl2N/c14-11-4-3-9(6-12(11)15)13-5-1-2-10(13)7-16-8-13/h3-4,6,10,16H,1-2,5,7-8H2/t10-,13?/m0/s1. The Hall–Kier alpha value is -0.240. The van der Waals surface area contributed by atoms with E-state index in [1.54, 1.807) is 0 Å². The molecular formula is C13H15Cl2N. The second kappa shape index (κ2) is 3.90. The van der Waals surface area contributed by atoms with Crippen molar-refractivity contribution >= 4 is 23.2 Å². The van der Waals surface area contributed by atoms with Gasteiger partial charge in [-0.1, -0.05) is 35.7 Å². The van der Waals surface area contributed by atoms with Gasteiger partial charge in [0.2, 0.25) is 0 Å². The molecule has 1 aliphatic carbocycles. The Balaban J connectivity index is 2.04. The van der Waals surface area contributed by atoms with Gasteiger partial charge in [-0.15, -0.1) is 0 Å². The summed E-state index contributed by atoms with van der Waals surface area (Å²) in [6, 6.07) is 6.15. The van der Waals surface area contributed by atoms with Gasteiger partial charge < -0.3 is 5.32 Å². The third-order valence-corrected chi connectivity index (χ3v) is 5.02. The molecule has 1 N–H and O–H groups in total. The van der Waals surface area contributed by atoms with Crippen LogP contribution in [0.25, 0.3) is 0 Å². The van der Waals surface area contributed by atoms with Gasteiger partial charge in [0.15, 0.2) is 0 Å². The molecule has 2 aliphatic rings. The van der Waals surface area contributed by atoms with E-state index in [0.29, 0.717) is 15.5 Å². The normalized spacial score (nSPS) is 33.0. The number of rotatable bonds is 1. The van der Waals surface area contributed by atoms with E-state index in [9.17, 15) is 0 Å². The van der Waals surface area contributed by atoms with Crippen LogP contribution in [0.5, 0.6) is 0 Å². The highest BCUT2D eigenvalue weighted by atomic mass is 35.5. The monoisotopic (exact) mass is 255 g/mol. The molecule has 1 unspecified atom stereocenters. The average Bonchev–Trinajstić information content (AvgIpc) is 2.81. The second-order valence-corrected chi connectivity index (χ2v) is 5.82. The zero-order valence-corrected chi connectivity index (χ0v) is 10.6. The van der Waals surface area contributed by atoms with Crippen molar-refractivity contribution in [3.63, 3.8) is 0 Å². The first kappa shape index (κ1) is 10.9. The first-order valence-electron chi connectivity index (χ1n) is 5.89. The van der Waals surface area contributed by atoms with E-state index in [1.807, 2.05) is 6.07 Å². The lowest BCUT2D eigenvalue weighted by Crippen LogP contribution is -2.30. The summed E-state index contributed by atoms with van der Waals surface area (Å²) in [6.07, 6.45) is 3.96. The predicted octanol–water partition coefficient (Wildman–Crippen LogP) is 3.63. The fourth-order valence-electron chi connectivity index (χ4n) is 3.43. The van der Waals surface area contributed by atoms with E-state index in [4.69, 9.17) is 23.2 Å². The molecule has 0 aromatic heterocycles. The Labute approximate surface area is 106 Å². The van der Waals surface area contributed by atoms with E-state index >= 15 is 0 Å². The van der Waals surface area contributed by atoms with Crippen LogP contribution in [0.1, 0.15) is 24.8 Å². The van der Waals surface area contributed by atoms with Gasteiger partial charge in [-0.05, 0) is 43.0 Å². The number of nitrogens with one attached hydrogen (secondary N) is 1. The lowest BCUT2D eigenvalue weighted by Gasteiger charge is -2.29. The lowest BCUT2D eigenvalue weighted by atomic mass is 9.75. The quantitative estimate of drug-likeness (QED) is 0.809. The van der Waals surface area contributed by atoms with Gasteiger partial charge in [0, 0.05) is 12.0 Å². The maximum absolute atomic E-state index is 6.13. The van der Waals surface area contributed by atoms with Gasteiger partial charge in [0.1, 0.15) is 0 Å². The van der Waals surface area contributed by atoms with Crippen LogP contribution in [0.2, 0.25) is 10.0 Å². The molecule has 1 saturated heterocycles. The summed E-state index contributed by atoms with van der Waals surface area (Å²) in [5.74, 6) is 0.782. The summed E-state index contributed by atoms with van der Waals surface area (Å²) >= 11 is 12.1. The van der Waals surface area contributed by atoms with Crippen molar-refractivity contribution in [1.82, 2.24) is 5.32 Å². The average molecular weight is 256 g/mol. The topological polar surface area (TPSA) is 12.0 Å². The van der Waals surface area contributed by atoms with Crippen molar-refractivity contribution in [1.29, 1.82) is 0 Å². The Morgan fingerprint density at radius 3 is 2.94 bits per heavy atom. The Morgan fingerprint density at radius 1 is 1.25 bits per heavy atom. The maximum atomic E-state index is 6.13. The van der Waals surface area contributed by atoms with E-state index in [2.05, 4.69) is 17.4 Å². The first-order valence-corrected chi connectivity index (χ1v) is 6.64. The number of benzene rings is 1. The molecule has 0 amide bonds. The van der Waals surface area contributed by atoms with Gasteiger partial charge in [-0.25, -0.2) is 0 Å². The van der Waals surface area contributed by atoms with Crippen molar-refractivity contribution < 1.29 is 0 Å². The van der Waals surface area contributed by atoms with Crippen LogP contribution in [0.3, 0.4) is 0 Å². The van der Waals surface area contributed by atoms with Gasteiger partial charge in [-0.3, -0.25) is 0 Å². The summed E-state index contributed by atoms with van der Waals surface area (Å²) in [6.45, 7) is 2.25. The zero-order chi connectivity index (χ0) is 11.2. The third kappa shape index (κ3) is 1.49. The molecule has 1 aromatic rings. The second-order valence-electron chi connectivity index (χ2n) is 5.01. The largest absolute Gasteiger partial charge is 0.316 e. The van der Waals surface area contributed by atoms with Crippen LogP contribution >= 0.6 is 23.2 Å². The summed E-state index contributed by atoms with van der Waals surface area (Å²) in [7, 11) is 0. The van der Waals surface area contributed by atoms with Crippen LogP contribution in [0.4, 0.5) is 0 Å². The van der Waals surface area contributed by atoms with E-state index in [1.165, 1.54) is 24.8 Å². The van der Waals surface area contributed by atoms with Gasteiger partial charge in [0.25, 0.3) is 0 Å². The van der Waals surface area contributed by atoms with Crippen LogP contribution in [0.15, 0.2) is 18.2 Å². The summed E-state index contributed by atoms with van der Waals surface area (Å²) in [5, 5.41) is 4.86. The minimum Gasteiger partial charge on any atom is -0.316 e. The fourth-order valence-corrected chi connectivity index (χ4v) is 3.73. The molecule has 2 fully saturated rings. The molecular weight excluding hydrogens is 241 g/mol. The Kier molecular flexibility index (Phi) is 2.66. The molecule has 0 bridgehead atoms. The minimum absolute atomic E-state index is 0.328. The molecule has 16 heavy (non-hydrogen) atoms. The molecule has 0 radical (unpaired) electrons. The van der Waals surface area contributed by atoms with Gasteiger partial charge in [-0.2, -0.15) is 0 Å². The molecule has 1 saturated carbocycles. The van der Waals surface area contributed by atoms with E-state index in [-0.39, 0.29) is 0 Å². The highest BCUT2D eigenvalue weighted by Crippen LogP contribution is 2.48. The number of hydrogen-bond acceptors (Lipinski definition) is 1. The summed E-state index contributed by atoms with van der Waals surface area (Å²) in [5.41, 5.74) is 1.70. The van der Waals surface area contributed by atoms with Crippen molar-refractivity contribution in [2.24, 2.45) is 5.92 Å². The minimum atomic E-state index is 0.328. The third-order valence-electron chi connectivity index (χ3n) is 4.28. The predicted molar refractivity (Wildman–Crippen MR) is 68.4 cm³/mol. The molecule has 3 heteroatoms. The molecule has 2 atom stereocenters. The molecule has 86 valence electrons. The van der Waals surface area contributed by atoms with Gasteiger partial charge >= 0.3 is 0 Å². The van der Waals surface area contributed by atoms with Crippen LogP contribution < -0.4 is 5.32 Å². The van der Waals surface area contributed by atoms with E-state index < -0.39 is 0 Å². The SMILES string of the molecule is Clc1ccc(C23CCC[C@H]2CNC3)cc1Cl. The number of hydrogen-bond donors (Lipinski definition) is 1. The molecule has 1 aromatic carbocycles. The van der Waals surface area contributed by atoms with Crippen LogP contribution in [0, 0.1) is 5.92 Å². The van der Waals surface area contributed by atoms with Crippen molar-refractivity contribution in [2.45, 2.75) is 24.7 Å². The molecule has 0 spiro atoms. The number of halogens is 2. The Morgan fingerprint density at radius 2 is 2.12 bits per heavy atom. The molecule has 1 heterocycles. The molecule has 1 aliphatic heterocycles. The summed E-state index contributed by atoms with van der Waals surface area (Å²) in [4.78, 5) is 0. The van der Waals surface area contributed by atoms with Crippen LogP contribution in [-0.2, 0) is 5.41 Å². The zero-order valence-electron chi connectivity index (χ0n) is 9.10. The highest BCUT2D eigenvalue weighted by Gasteiger charge is 2.47. The lowest BCUT2D eigenvalue weighted by molar-refractivity contribution is 0.402. The number of fused-ring (bicyclic) bond motifs is 1. The van der Waals surface area contributed by atoms with Crippen molar-refractivity contribution in [3.05, 3.63) is 33.8 Å². The maximum Gasteiger partial charge on any atom is 0.0595 e. The van der Waals surface area contributed by atoms with Crippen LogP contribution in [-0.4, -0.2) is 13.1 Å². The summed E-state index contributed by atoms with van der Waals surface area (Å²) < 4.78 is 0. The highest BCUT2D eigenvalue weighted by molar-refractivity contribution is 6.42. The Bertz CT molecular complexity index is 406. The molecule has 3 rings (SSSR count).